The van der Waals surface area contributed by atoms with Crippen LogP contribution in [0.5, 0.6) is 0 Å². The molecule has 1 unspecified atom stereocenters. The maximum absolute atomic E-state index is 12.7. The smallest absolute Gasteiger partial charge is 0.258 e. The molecule has 0 saturated carbocycles. The monoisotopic (exact) mass is 442 g/mol. The first-order valence-electron chi connectivity index (χ1n) is 11.1. The van der Waals surface area contributed by atoms with Gasteiger partial charge in [0.25, 0.3) is 5.91 Å². The van der Waals surface area contributed by atoms with Crippen LogP contribution in [0.4, 0.5) is 11.8 Å². The van der Waals surface area contributed by atoms with Crippen LogP contribution in [-0.2, 0) is 0 Å². The van der Waals surface area contributed by atoms with E-state index >= 15 is 0 Å². The molecule has 1 fully saturated rings. The fourth-order valence-corrected chi connectivity index (χ4v) is 4.23. The van der Waals surface area contributed by atoms with Gasteiger partial charge >= 0.3 is 0 Å². The molecule has 168 valence electrons. The number of piperidine rings is 1. The van der Waals surface area contributed by atoms with Crippen LogP contribution in [0.25, 0.3) is 16.8 Å². The van der Waals surface area contributed by atoms with Crippen molar-refractivity contribution in [3.8, 4) is 11.3 Å². The van der Waals surface area contributed by atoms with Gasteiger partial charge in [-0.1, -0.05) is 18.6 Å². The zero-order valence-corrected chi connectivity index (χ0v) is 18.7. The second kappa shape index (κ2) is 8.95. The van der Waals surface area contributed by atoms with Crippen molar-refractivity contribution in [2.75, 3.05) is 24.2 Å². The SMILES string of the molecule is CNc1nccn2c(C3CCCCN3)nc(-c3ccc(C(=O)Nc4nccc(C)n4)cc3)c12. The Balaban J connectivity index is 1.49. The van der Waals surface area contributed by atoms with Gasteiger partial charge in [0.2, 0.25) is 5.95 Å². The van der Waals surface area contributed by atoms with Crippen molar-refractivity contribution in [2.24, 2.45) is 0 Å². The number of hydrogen-bond donors (Lipinski definition) is 3. The zero-order chi connectivity index (χ0) is 22.8. The van der Waals surface area contributed by atoms with Gasteiger partial charge in [-0.3, -0.25) is 14.5 Å². The summed E-state index contributed by atoms with van der Waals surface area (Å²) in [5, 5.41) is 9.52. The number of nitrogens with zero attached hydrogens (tertiary/aromatic N) is 5. The predicted molar refractivity (Wildman–Crippen MR) is 127 cm³/mol. The van der Waals surface area contributed by atoms with Gasteiger partial charge in [-0.05, 0) is 44.5 Å². The molecule has 1 aliphatic heterocycles. The molecule has 1 aliphatic rings. The fraction of sp³-hybridized carbons (Fsp3) is 0.292. The molecule has 0 spiro atoms. The molecule has 1 aromatic carbocycles. The number of imidazole rings is 1. The third-order valence-corrected chi connectivity index (χ3v) is 5.88. The Morgan fingerprint density at radius 1 is 1.09 bits per heavy atom. The molecule has 9 nitrogen and oxygen atoms in total. The van der Waals surface area contributed by atoms with Crippen LogP contribution in [0.15, 0.2) is 48.9 Å². The Bertz CT molecular complexity index is 1290. The Kier molecular flexibility index (Phi) is 5.70. The number of carbonyl (C=O) groups is 1. The summed E-state index contributed by atoms with van der Waals surface area (Å²) in [6.07, 6.45) is 8.79. The number of rotatable bonds is 5. The fourth-order valence-electron chi connectivity index (χ4n) is 4.23. The molecule has 4 aromatic rings. The Morgan fingerprint density at radius 3 is 2.67 bits per heavy atom. The number of aryl methyl sites for hydroxylation is 1. The molecular formula is C24H26N8O. The molecule has 1 atom stereocenters. The number of amides is 1. The van der Waals surface area contributed by atoms with E-state index in [1.165, 1.54) is 12.8 Å². The Labute approximate surface area is 191 Å². The maximum atomic E-state index is 12.7. The van der Waals surface area contributed by atoms with Crippen LogP contribution in [0.3, 0.4) is 0 Å². The summed E-state index contributed by atoms with van der Waals surface area (Å²) in [5.74, 6) is 1.78. The van der Waals surface area contributed by atoms with Gasteiger partial charge in [0.1, 0.15) is 17.0 Å². The molecule has 3 N–H and O–H groups in total. The number of anilines is 2. The van der Waals surface area contributed by atoms with E-state index in [4.69, 9.17) is 4.98 Å². The molecular weight excluding hydrogens is 416 g/mol. The minimum atomic E-state index is -0.258. The molecule has 5 rings (SSSR count). The normalized spacial score (nSPS) is 16.0. The summed E-state index contributed by atoms with van der Waals surface area (Å²) in [6.45, 7) is 2.85. The third-order valence-electron chi connectivity index (χ3n) is 5.88. The van der Waals surface area contributed by atoms with Crippen molar-refractivity contribution in [3.05, 3.63) is 66.0 Å². The summed E-state index contributed by atoms with van der Waals surface area (Å²) in [7, 11) is 1.86. The first kappa shape index (κ1) is 21.0. The molecule has 1 saturated heterocycles. The first-order valence-corrected chi connectivity index (χ1v) is 11.1. The van der Waals surface area contributed by atoms with Crippen LogP contribution in [0.2, 0.25) is 0 Å². The van der Waals surface area contributed by atoms with Gasteiger partial charge < -0.3 is 10.6 Å². The lowest BCUT2D eigenvalue weighted by molar-refractivity contribution is 0.102. The van der Waals surface area contributed by atoms with Crippen molar-refractivity contribution in [3.63, 3.8) is 0 Å². The molecule has 9 heteroatoms. The van der Waals surface area contributed by atoms with Crippen molar-refractivity contribution in [1.82, 2.24) is 29.7 Å². The lowest BCUT2D eigenvalue weighted by atomic mass is 10.0. The number of nitrogens with one attached hydrogen (secondary N) is 3. The third kappa shape index (κ3) is 4.14. The van der Waals surface area contributed by atoms with Gasteiger partial charge in [-0.15, -0.1) is 0 Å². The van der Waals surface area contributed by atoms with E-state index in [9.17, 15) is 4.79 Å². The second-order valence-electron chi connectivity index (χ2n) is 8.12. The molecule has 4 heterocycles. The van der Waals surface area contributed by atoms with E-state index in [2.05, 4.69) is 35.3 Å². The highest BCUT2D eigenvalue weighted by atomic mass is 16.1. The maximum Gasteiger partial charge on any atom is 0.258 e. The van der Waals surface area contributed by atoms with Gasteiger partial charge in [0, 0.05) is 42.5 Å². The highest BCUT2D eigenvalue weighted by molar-refractivity contribution is 6.03. The minimum Gasteiger partial charge on any atom is -0.371 e. The molecule has 1 amide bonds. The highest BCUT2D eigenvalue weighted by Gasteiger charge is 2.24. The summed E-state index contributed by atoms with van der Waals surface area (Å²) in [6, 6.07) is 9.40. The van der Waals surface area contributed by atoms with Gasteiger partial charge in [0.15, 0.2) is 5.82 Å². The minimum absolute atomic E-state index is 0.200. The van der Waals surface area contributed by atoms with Crippen LogP contribution in [0, 0.1) is 6.92 Å². The molecule has 0 radical (unpaired) electrons. The second-order valence-corrected chi connectivity index (χ2v) is 8.12. The summed E-state index contributed by atoms with van der Waals surface area (Å²) in [4.78, 5) is 30.5. The zero-order valence-electron chi connectivity index (χ0n) is 18.7. The van der Waals surface area contributed by atoms with E-state index < -0.39 is 0 Å². The van der Waals surface area contributed by atoms with E-state index in [0.29, 0.717) is 11.5 Å². The number of hydrogen-bond acceptors (Lipinski definition) is 7. The van der Waals surface area contributed by atoms with Gasteiger partial charge in [-0.25, -0.2) is 19.9 Å². The molecule has 0 aliphatic carbocycles. The molecule has 33 heavy (non-hydrogen) atoms. The van der Waals surface area contributed by atoms with E-state index in [0.717, 1.165) is 47.1 Å². The standard InChI is InChI=1S/C24H26N8O/c1-15-10-12-28-24(29-15)31-23(33)17-8-6-16(7-9-17)19-20-21(25-2)27-13-14-32(20)22(30-19)18-5-3-4-11-26-18/h6-10,12-14,18,26H,3-5,11H2,1-2H3,(H,25,27)(H,28,29,31,33). The number of benzene rings is 1. The van der Waals surface area contributed by atoms with Crippen LogP contribution >= 0.6 is 0 Å². The lowest BCUT2D eigenvalue weighted by Crippen LogP contribution is -2.28. The molecule has 0 bridgehead atoms. The van der Waals surface area contributed by atoms with Crippen LogP contribution < -0.4 is 16.0 Å². The number of fused-ring (bicyclic) bond motifs is 1. The van der Waals surface area contributed by atoms with Crippen molar-refractivity contribution in [1.29, 1.82) is 0 Å². The van der Waals surface area contributed by atoms with Crippen LogP contribution in [0.1, 0.15) is 47.2 Å². The van der Waals surface area contributed by atoms with Gasteiger partial charge in [-0.2, -0.15) is 0 Å². The largest absolute Gasteiger partial charge is 0.371 e. The average molecular weight is 443 g/mol. The lowest BCUT2D eigenvalue weighted by Gasteiger charge is -2.22. The Morgan fingerprint density at radius 2 is 1.94 bits per heavy atom. The Hall–Kier alpha value is -3.85. The summed E-state index contributed by atoms with van der Waals surface area (Å²) in [5.41, 5.74) is 3.99. The van der Waals surface area contributed by atoms with Crippen molar-refractivity contribution < 1.29 is 4.79 Å². The quantitative estimate of drug-likeness (QED) is 0.433. The van der Waals surface area contributed by atoms with Crippen molar-refractivity contribution >= 4 is 23.2 Å². The predicted octanol–water partition coefficient (Wildman–Crippen LogP) is 3.60. The summed E-state index contributed by atoms with van der Waals surface area (Å²) < 4.78 is 2.12. The van der Waals surface area contributed by atoms with E-state index in [1.807, 2.05) is 32.3 Å². The average Bonchev–Trinajstić information content (AvgIpc) is 3.25. The first-order chi connectivity index (χ1) is 16.1. The van der Waals surface area contributed by atoms with Crippen LogP contribution in [-0.4, -0.2) is 43.8 Å². The number of carbonyl (C=O) groups excluding carboxylic acids is 1. The topological polar surface area (TPSA) is 109 Å². The van der Waals surface area contributed by atoms with Crippen molar-refractivity contribution in [2.45, 2.75) is 32.2 Å². The van der Waals surface area contributed by atoms with E-state index in [-0.39, 0.29) is 11.9 Å². The summed E-state index contributed by atoms with van der Waals surface area (Å²) >= 11 is 0. The molecule has 3 aromatic heterocycles. The highest BCUT2D eigenvalue weighted by Crippen LogP contribution is 2.33. The van der Waals surface area contributed by atoms with Gasteiger partial charge in [0.05, 0.1) is 6.04 Å². The van der Waals surface area contributed by atoms with E-state index in [1.54, 1.807) is 30.6 Å². The number of aromatic nitrogens is 5.